The molecular weight excluding hydrogens is 221 g/mol. The van der Waals surface area contributed by atoms with Crippen molar-refractivity contribution >= 4 is 0 Å². The summed E-state index contributed by atoms with van der Waals surface area (Å²) in [6.45, 7) is 1.40. The third-order valence-corrected chi connectivity index (χ3v) is 2.15. The molecule has 0 unspecified atom stereocenters. The van der Waals surface area contributed by atoms with Gasteiger partial charge in [0.2, 0.25) is 0 Å². The van der Waals surface area contributed by atoms with Gasteiger partial charge in [-0.1, -0.05) is 11.2 Å². The lowest BCUT2D eigenvalue weighted by Gasteiger charge is -2.10. The quantitative estimate of drug-likeness (QED) is 0.752. The minimum Gasteiger partial charge on any atom is -0.334 e. The number of halogens is 3. The van der Waals surface area contributed by atoms with Crippen molar-refractivity contribution in [1.82, 2.24) is 10.1 Å². The fourth-order valence-electron chi connectivity index (χ4n) is 1.36. The molecule has 1 aromatic heterocycles. The standard InChI is InChI=1S/C10H7F3N2O/c1-6-2-3-7(9-14-5-15-16-9)4-8(6)10(11,12)13/h2-5H,1H3. The molecule has 1 aromatic carbocycles. The van der Waals surface area contributed by atoms with Gasteiger partial charge in [0.25, 0.3) is 5.89 Å². The molecule has 0 aliphatic carbocycles. The van der Waals surface area contributed by atoms with E-state index in [1.165, 1.54) is 19.1 Å². The highest BCUT2D eigenvalue weighted by Crippen LogP contribution is 2.34. The minimum atomic E-state index is -4.37. The first-order valence-electron chi connectivity index (χ1n) is 4.43. The molecule has 3 nitrogen and oxygen atoms in total. The molecule has 0 aliphatic rings. The lowest BCUT2D eigenvalue weighted by molar-refractivity contribution is -0.138. The second-order valence-corrected chi connectivity index (χ2v) is 3.27. The van der Waals surface area contributed by atoms with Gasteiger partial charge in [0, 0.05) is 5.56 Å². The highest BCUT2D eigenvalue weighted by Gasteiger charge is 2.32. The van der Waals surface area contributed by atoms with Crippen molar-refractivity contribution in [3.05, 3.63) is 35.7 Å². The third kappa shape index (κ3) is 1.91. The Balaban J connectivity index is 2.52. The van der Waals surface area contributed by atoms with E-state index in [1.54, 1.807) is 0 Å². The maximum Gasteiger partial charge on any atom is 0.416 e. The average Bonchev–Trinajstić information content (AvgIpc) is 2.69. The number of rotatable bonds is 1. The molecule has 16 heavy (non-hydrogen) atoms. The van der Waals surface area contributed by atoms with Gasteiger partial charge in [0.15, 0.2) is 6.33 Å². The zero-order valence-electron chi connectivity index (χ0n) is 8.25. The van der Waals surface area contributed by atoms with Crippen LogP contribution in [0.2, 0.25) is 0 Å². The summed E-state index contributed by atoms with van der Waals surface area (Å²) in [6, 6.07) is 3.89. The van der Waals surface area contributed by atoms with Crippen LogP contribution in [-0.4, -0.2) is 10.1 Å². The summed E-state index contributed by atoms with van der Waals surface area (Å²) in [5.74, 6) is 0.0745. The largest absolute Gasteiger partial charge is 0.416 e. The first-order valence-corrected chi connectivity index (χ1v) is 4.43. The van der Waals surface area contributed by atoms with E-state index >= 15 is 0 Å². The van der Waals surface area contributed by atoms with Crippen LogP contribution < -0.4 is 0 Å². The number of alkyl halides is 3. The molecule has 1 heterocycles. The van der Waals surface area contributed by atoms with E-state index < -0.39 is 11.7 Å². The van der Waals surface area contributed by atoms with E-state index in [0.717, 1.165) is 12.4 Å². The van der Waals surface area contributed by atoms with E-state index in [0.29, 0.717) is 0 Å². The van der Waals surface area contributed by atoms with Gasteiger partial charge >= 0.3 is 6.18 Å². The van der Waals surface area contributed by atoms with Gasteiger partial charge in [-0.3, -0.25) is 0 Å². The van der Waals surface area contributed by atoms with Crippen molar-refractivity contribution in [3.63, 3.8) is 0 Å². The van der Waals surface area contributed by atoms with Crippen molar-refractivity contribution in [2.75, 3.05) is 0 Å². The van der Waals surface area contributed by atoms with Gasteiger partial charge in [-0.2, -0.15) is 18.2 Å². The van der Waals surface area contributed by atoms with Gasteiger partial charge in [-0.05, 0) is 24.6 Å². The second-order valence-electron chi connectivity index (χ2n) is 3.27. The molecular formula is C10H7F3N2O. The summed E-state index contributed by atoms with van der Waals surface area (Å²) >= 11 is 0. The maximum absolute atomic E-state index is 12.6. The summed E-state index contributed by atoms with van der Waals surface area (Å²) in [6.07, 6.45) is -3.23. The van der Waals surface area contributed by atoms with Crippen molar-refractivity contribution in [1.29, 1.82) is 0 Å². The predicted octanol–water partition coefficient (Wildman–Crippen LogP) is 3.06. The first kappa shape index (κ1) is 10.7. The maximum atomic E-state index is 12.6. The Kier molecular flexibility index (Phi) is 2.41. The molecule has 6 heteroatoms. The summed E-state index contributed by atoms with van der Waals surface area (Å²) in [5, 5.41) is 3.35. The average molecular weight is 228 g/mol. The lowest BCUT2D eigenvalue weighted by Crippen LogP contribution is -2.07. The Labute approximate surface area is 88.9 Å². The molecule has 0 amide bonds. The van der Waals surface area contributed by atoms with Crippen LogP contribution >= 0.6 is 0 Å². The SMILES string of the molecule is Cc1ccc(-c2ncno2)cc1C(F)(F)F. The zero-order chi connectivity index (χ0) is 11.8. The summed E-state index contributed by atoms with van der Waals surface area (Å²) < 4.78 is 42.5. The fraction of sp³-hybridized carbons (Fsp3) is 0.200. The molecule has 0 bridgehead atoms. The Bertz CT molecular complexity index is 491. The van der Waals surface area contributed by atoms with E-state index in [9.17, 15) is 13.2 Å². The van der Waals surface area contributed by atoms with Crippen molar-refractivity contribution in [3.8, 4) is 11.5 Å². The normalized spacial score (nSPS) is 11.8. The Morgan fingerprint density at radius 3 is 2.56 bits per heavy atom. The molecule has 0 N–H and O–H groups in total. The van der Waals surface area contributed by atoms with Crippen molar-refractivity contribution in [2.24, 2.45) is 0 Å². The molecule has 0 saturated carbocycles. The number of nitrogens with zero attached hydrogens (tertiary/aromatic N) is 2. The highest BCUT2D eigenvalue weighted by atomic mass is 19.4. The van der Waals surface area contributed by atoms with Crippen LogP contribution in [0.1, 0.15) is 11.1 Å². The molecule has 84 valence electrons. The van der Waals surface area contributed by atoms with Crippen molar-refractivity contribution < 1.29 is 17.7 Å². The van der Waals surface area contributed by atoms with E-state index in [-0.39, 0.29) is 17.0 Å². The molecule has 2 rings (SSSR count). The predicted molar refractivity (Wildman–Crippen MR) is 49.5 cm³/mol. The van der Waals surface area contributed by atoms with Gasteiger partial charge in [0.1, 0.15) is 0 Å². The van der Waals surface area contributed by atoms with Crippen molar-refractivity contribution in [2.45, 2.75) is 13.1 Å². The molecule has 0 spiro atoms. The Morgan fingerprint density at radius 1 is 1.25 bits per heavy atom. The van der Waals surface area contributed by atoms with Crippen LogP contribution in [-0.2, 0) is 6.18 Å². The van der Waals surface area contributed by atoms with Crippen LogP contribution in [0.15, 0.2) is 29.0 Å². The number of aryl methyl sites for hydroxylation is 1. The summed E-state index contributed by atoms with van der Waals surface area (Å²) in [7, 11) is 0. The van der Waals surface area contributed by atoms with Gasteiger partial charge in [-0.25, -0.2) is 0 Å². The van der Waals surface area contributed by atoms with E-state index in [2.05, 4.69) is 10.1 Å². The monoisotopic (exact) mass is 228 g/mol. The number of hydrogen-bond donors (Lipinski definition) is 0. The molecule has 2 aromatic rings. The molecule has 0 atom stereocenters. The van der Waals surface area contributed by atoms with Gasteiger partial charge < -0.3 is 4.52 Å². The van der Waals surface area contributed by atoms with E-state index in [1.807, 2.05) is 0 Å². The first-order chi connectivity index (χ1) is 7.48. The molecule has 0 saturated heterocycles. The van der Waals surface area contributed by atoms with Crippen LogP contribution in [0.3, 0.4) is 0 Å². The zero-order valence-corrected chi connectivity index (χ0v) is 8.25. The Morgan fingerprint density at radius 2 is 2.00 bits per heavy atom. The molecule has 0 fully saturated rings. The smallest absolute Gasteiger partial charge is 0.334 e. The molecule has 0 aliphatic heterocycles. The second kappa shape index (κ2) is 3.62. The van der Waals surface area contributed by atoms with Crippen LogP contribution in [0.4, 0.5) is 13.2 Å². The number of hydrogen-bond acceptors (Lipinski definition) is 3. The summed E-state index contributed by atoms with van der Waals surface area (Å²) in [5.41, 5.74) is -0.269. The van der Waals surface area contributed by atoms with Gasteiger partial charge in [-0.15, -0.1) is 0 Å². The molecule has 0 radical (unpaired) electrons. The number of aromatic nitrogens is 2. The lowest BCUT2D eigenvalue weighted by atomic mass is 10.0. The third-order valence-electron chi connectivity index (χ3n) is 2.15. The highest BCUT2D eigenvalue weighted by molar-refractivity contribution is 5.55. The summed E-state index contributed by atoms with van der Waals surface area (Å²) in [4.78, 5) is 3.69. The topological polar surface area (TPSA) is 38.9 Å². The van der Waals surface area contributed by atoms with Crippen LogP contribution in [0.25, 0.3) is 11.5 Å². The van der Waals surface area contributed by atoms with E-state index in [4.69, 9.17) is 4.52 Å². The number of benzene rings is 1. The van der Waals surface area contributed by atoms with Crippen LogP contribution in [0, 0.1) is 6.92 Å². The Hall–Kier alpha value is -1.85. The van der Waals surface area contributed by atoms with Gasteiger partial charge in [0.05, 0.1) is 5.56 Å². The minimum absolute atomic E-state index is 0.0745. The fourth-order valence-corrected chi connectivity index (χ4v) is 1.36. The van der Waals surface area contributed by atoms with Crippen LogP contribution in [0.5, 0.6) is 0 Å².